The quantitative estimate of drug-likeness (QED) is 0.123. The Labute approximate surface area is 388 Å². The third-order valence-corrected chi connectivity index (χ3v) is 13.0. The lowest BCUT2D eigenvalue weighted by Crippen LogP contribution is -2.13. The summed E-state index contributed by atoms with van der Waals surface area (Å²) in [5, 5.41) is 15.0. The van der Waals surface area contributed by atoms with E-state index in [1.807, 2.05) is 12.4 Å². The van der Waals surface area contributed by atoms with Crippen LogP contribution in [0.4, 0.5) is 11.4 Å². The number of nitrogens with zero attached hydrogens (tertiary/aromatic N) is 2. The summed E-state index contributed by atoms with van der Waals surface area (Å²) in [5.74, 6) is 1.28. The molecule has 12 rings (SSSR count). The lowest BCUT2D eigenvalue weighted by molar-refractivity contribution is 0.00708. The molecule has 11 aromatic carbocycles. The number of ether oxygens (including phenoxy) is 5. The van der Waals surface area contributed by atoms with Gasteiger partial charge in [-0.15, -0.1) is 0 Å². The fraction of sp³-hybridized carbons (Fsp3) is 0.133. The molecule has 326 valence electrons. The number of fused-ring (bicyclic) bond motifs is 1. The zero-order chi connectivity index (χ0) is 44.5. The summed E-state index contributed by atoms with van der Waals surface area (Å²) >= 11 is 0. The van der Waals surface area contributed by atoms with Crippen molar-refractivity contribution in [1.29, 1.82) is 0 Å². The van der Waals surface area contributed by atoms with Gasteiger partial charge >= 0.3 is 0 Å². The van der Waals surface area contributed by atoms with E-state index in [4.69, 9.17) is 33.7 Å². The normalized spacial score (nSPS) is 14.6. The van der Waals surface area contributed by atoms with Crippen LogP contribution in [0, 0.1) is 0 Å². The smallest absolute Gasteiger partial charge is 0.161 e. The van der Waals surface area contributed by atoms with E-state index in [1.54, 1.807) is 0 Å². The van der Waals surface area contributed by atoms with Gasteiger partial charge in [-0.25, -0.2) is 0 Å². The minimum Gasteiger partial charge on any atom is -0.487 e. The average Bonchev–Trinajstić information content (AvgIpc) is 3.39. The van der Waals surface area contributed by atoms with E-state index in [0.717, 1.165) is 44.8 Å². The van der Waals surface area contributed by atoms with E-state index >= 15 is 0 Å². The summed E-state index contributed by atoms with van der Waals surface area (Å²) in [5.41, 5.74) is 7.92. The fourth-order valence-corrected chi connectivity index (χ4v) is 9.71. The van der Waals surface area contributed by atoms with Crippen LogP contribution in [-0.4, -0.2) is 65.3 Å². The first-order valence-corrected chi connectivity index (χ1v) is 23.0. The van der Waals surface area contributed by atoms with Gasteiger partial charge in [0, 0.05) is 23.6 Å². The molecule has 1 heterocycles. The second kappa shape index (κ2) is 17.9. The number of hydrogen-bond donors (Lipinski definition) is 0. The van der Waals surface area contributed by atoms with Crippen LogP contribution < -0.4 is 9.47 Å². The number of rotatable bonds is 6. The van der Waals surface area contributed by atoms with Gasteiger partial charge in [0.25, 0.3) is 0 Å². The van der Waals surface area contributed by atoms with Gasteiger partial charge in [-0.05, 0) is 123 Å². The highest BCUT2D eigenvalue weighted by Gasteiger charge is 2.17. The topological polar surface area (TPSA) is 70.9 Å². The van der Waals surface area contributed by atoms with Gasteiger partial charge in [-0.2, -0.15) is 0 Å². The van der Waals surface area contributed by atoms with Crippen molar-refractivity contribution in [2.75, 3.05) is 52.9 Å². The molecule has 0 spiro atoms. The van der Waals surface area contributed by atoms with Gasteiger partial charge in [0.15, 0.2) is 11.5 Å². The van der Waals surface area contributed by atoms with Crippen LogP contribution in [-0.2, 0) is 14.2 Å². The highest BCUT2D eigenvalue weighted by atomic mass is 16.6. The Bertz CT molecular complexity index is 3350. The molecule has 0 atom stereocenters. The summed E-state index contributed by atoms with van der Waals surface area (Å²) in [6.07, 6.45) is 3.97. The largest absolute Gasteiger partial charge is 0.487 e. The zero-order valence-corrected chi connectivity index (χ0v) is 36.9. The number of aliphatic imine (C=N–C) groups is 2. The molecule has 0 saturated carbocycles. The predicted octanol–water partition coefficient (Wildman–Crippen LogP) is 14.1. The van der Waals surface area contributed by atoms with E-state index in [2.05, 4.69) is 170 Å². The number of benzene rings is 11. The Morgan fingerprint density at radius 1 is 0.328 bits per heavy atom. The Hall–Kier alpha value is -7.68. The van der Waals surface area contributed by atoms with E-state index < -0.39 is 0 Å². The molecule has 11 aromatic rings. The summed E-state index contributed by atoms with van der Waals surface area (Å²) in [4.78, 5) is 9.99. The van der Waals surface area contributed by atoms with Gasteiger partial charge in [0.05, 0.1) is 51.0 Å². The molecule has 1 aliphatic heterocycles. The summed E-state index contributed by atoms with van der Waals surface area (Å²) in [7, 11) is 0. The molecule has 7 nitrogen and oxygen atoms in total. The Morgan fingerprint density at radius 3 is 1.07 bits per heavy atom. The molecule has 0 N–H and O–H groups in total. The summed E-state index contributed by atoms with van der Waals surface area (Å²) in [6, 6.07) is 60.4. The maximum atomic E-state index is 6.39. The molecular weight excluding hydrogens is 829 g/mol. The molecule has 1 aliphatic rings. The predicted molar refractivity (Wildman–Crippen MR) is 276 cm³/mol. The molecule has 67 heavy (non-hydrogen) atoms. The van der Waals surface area contributed by atoms with Gasteiger partial charge in [-0.3, -0.25) is 9.98 Å². The fourth-order valence-electron chi connectivity index (χ4n) is 9.71. The second-order valence-electron chi connectivity index (χ2n) is 17.0. The van der Waals surface area contributed by atoms with Crippen molar-refractivity contribution in [1.82, 2.24) is 0 Å². The van der Waals surface area contributed by atoms with E-state index in [-0.39, 0.29) is 0 Å². The van der Waals surface area contributed by atoms with Gasteiger partial charge in [0.2, 0.25) is 0 Å². The SMILES string of the molecule is C(=Nc1ccc(-c2cc3c(cc2-c2ccc(N=Cc4ccc5ccc6cccc7ccc4c5c67)cc2)OCCOCCOCCOCCO3)cc1)c1ccc2ccc3cccc4ccc1c2c34. The van der Waals surface area contributed by atoms with Crippen molar-refractivity contribution in [2.24, 2.45) is 9.98 Å². The minimum absolute atomic E-state index is 0.362. The Balaban J connectivity index is 0.876. The second-order valence-corrected chi connectivity index (χ2v) is 17.0. The van der Waals surface area contributed by atoms with Crippen LogP contribution in [0.25, 0.3) is 86.9 Å². The molecule has 0 unspecified atom stereocenters. The Kier molecular flexibility index (Phi) is 10.9. The van der Waals surface area contributed by atoms with Crippen LogP contribution in [0.1, 0.15) is 11.1 Å². The van der Waals surface area contributed by atoms with Crippen LogP contribution in [0.15, 0.2) is 180 Å². The minimum atomic E-state index is 0.362. The molecule has 0 radical (unpaired) electrons. The van der Waals surface area contributed by atoms with Crippen molar-refractivity contribution in [3.05, 3.63) is 181 Å². The summed E-state index contributed by atoms with van der Waals surface area (Å²) < 4.78 is 30.0. The van der Waals surface area contributed by atoms with Crippen LogP contribution in [0.5, 0.6) is 11.5 Å². The molecular formula is C60H46N2O5. The van der Waals surface area contributed by atoms with Crippen LogP contribution in [0.3, 0.4) is 0 Å². The van der Waals surface area contributed by atoms with Crippen LogP contribution in [0.2, 0.25) is 0 Å². The molecule has 0 aromatic heterocycles. The molecule has 0 amide bonds. The number of hydrogen-bond acceptors (Lipinski definition) is 7. The highest BCUT2D eigenvalue weighted by Crippen LogP contribution is 2.43. The van der Waals surface area contributed by atoms with Gasteiger partial charge in [-0.1, -0.05) is 133 Å². The Morgan fingerprint density at radius 2 is 0.672 bits per heavy atom. The average molecular weight is 875 g/mol. The lowest BCUT2D eigenvalue weighted by Gasteiger charge is -2.18. The first-order valence-electron chi connectivity index (χ1n) is 23.0. The third-order valence-electron chi connectivity index (χ3n) is 13.0. The van der Waals surface area contributed by atoms with Gasteiger partial charge in [0.1, 0.15) is 13.2 Å². The first-order chi connectivity index (χ1) is 33.2. The molecule has 0 fully saturated rings. The molecule has 0 bridgehead atoms. The third kappa shape index (κ3) is 7.97. The first kappa shape index (κ1) is 40.8. The lowest BCUT2D eigenvalue weighted by atomic mass is 9.92. The van der Waals surface area contributed by atoms with E-state index in [1.165, 1.54) is 64.6 Å². The molecule has 0 aliphatic carbocycles. The van der Waals surface area contributed by atoms with E-state index in [9.17, 15) is 0 Å². The maximum Gasteiger partial charge on any atom is 0.161 e. The van der Waals surface area contributed by atoms with Crippen molar-refractivity contribution in [2.45, 2.75) is 0 Å². The van der Waals surface area contributed by atoms with Crippen LogP contribution >= 0.6 is 0 Å². The highest BCUT2D eigenvalue weighted by molar-refractivity contribution is 6.26. The van der Waals surface area contributed by atoms with Gasteiger partial charge < -0.3 is 23.7 Å². The molecule has 7 heteroatoms. The standard InChI is InChI=1S/C60H46N2O5/c1-3-41-7-9-45-11-13-47(51-25-19-43(5-1)57(41)59(45)51)37-61-49-21-15-39(16-22-49)53-35-55-56(67-34-32-65-30-28-63-27-29-64-31-33-66-55)36-54(53)40-17-23-50(24-18-40)62-38-48-14-12-46-10-8-42-4-2-6-44-20-26-52(48)60(46)58(42)44/h1-26,35-38H,27-34H2. The summed E-state index contributed by atoms with van der Waals surface area (Å²) in [6.45, 7) is 3.56. The van der Waals surface area contributed by atoms with Crippen molar-refractivity contribution in [3.63, 3.8) is 0 Å². The van der Waals surface area contributed by atoms with Crippen molar-refractivity contribution >= 4 is 88.4 Å². The van der Waals surface area contributed by atoms with Crippen molar-refractivity contribution in [3.8, 4) is 33.8 Å². The maximum absolute atomic E-state index is 6.39. The molecule has 0 saturated heterocycles. The van der Waals surface area contributed by atoms with Crippen molar-refractivity contribution < 1.29 is 23.7 Å². The van der Waals surface area contributed by atoms with E-state index in [0.29, 0.717) is 64.4 Å². The zero-order valence-electron chi connectivity index (χ0n) is 36.9. The monoisotopic (exact) mass is 874 g/mol.